The maximum atomic E-state index is 12.2. The minimum absolute atomic E-state index is 0.0651. The number of amides is 1. The van der Waals surface area contributed by atoms with Gasteiger partial charge in [0.1, 0.15) is 5.76 Å². The van der Waals surface area contributed by atoms with Gasteiger partial charge in [0.05, 0.1) is 17.0 Å². The summed E-state index contributed by atoms with van der Waals surface area (Å²) in [5.74, 6) is 0.865. The van der Waals surface area contributed by atoms with E-state index < -0.39 is 10.0 Å². The summed E-state index contributed by atoms with van der Waals surface area (Å²) in [7, 11) is -3.70. The lowest BCUT2D eigenvalue weighted by Gasteiger charge is -2.05. The van der Waals surface area contributed by atoms with Crippen LogP contribution in [0.15, 0.2) is 63.9 Å². The molecule has 0 fully saturated rings. The van der Waals surface area contributed by atoms with E-state index in [4.69, 9.17) is 9.56 Å². The van der Waals surface area contributed by atoms with Gasteiger partial charge in [-0.15, -0.1) is 0 Å². The van der Waals surface area contributed by atoms with E-state index in [0.29, 0.717) is 30.3 Å². The molecule has 3 rings (SSSR count). The van der Waals surface area contributed by atoms with E-state index in [9.17, 15) is 13.2 Å². The van der Waals surface area contributed by atoms with Gasteiger partial charge >= 0.3 is 0 Å². The van der Waals surface area contributed by atoms with Crippen molar-refractivity contribution in [1.82, 2.24) is 10.3 Å². The highest BCUT2D eigenvalue weighted by Gasteiger charge is 2.14. The molecule has 0 radical (unpaired) electrons. The number of hydrogen-bond acceptors (Lipinski definition) is 5. The van der Waals surface area contributed by atoms with E-state index in [-0.39, 0.29) is 17.2 Å². The Morgan fingerprint density at radius 2 is 1.79 bits per heavy atom. The summed E-state index contributed by atoms with van der Waals surface area (Å²) in [6, 6.07) is 15.8. The molecule has 0 aliphatic rings. The lowest BCUT2D eigenvalue weighted by Crippen LogP contribution is -2.27. The molecule has 146 valence electrons. The van der Waals surface area contributed by atoms with Crippen LogP contribution in [0.3, 0.4) is 0 Å². The number of rotatable bonds is 7. The molecule has 0 bridgehead atoms. The first-order valence-corrected chi connectivity index (χ1v) is 10.3. The van der Waals surface area contributed by atoms with Crippen molar-refractivity contribution in [1.29, 1.82) is 0 Å². The number of oxazole rings is 1. The van der Waals surface area contributed by atoms with Gasteiger partial charge in [0, 0.05) is 12.1 Å². The molecule has 0 saturated carbocycles. The fourth-order valence-corrected chi connectivity index (χ4v) is 3.21. The number of aryl methyl sites for hydroxylation is 1. The second-order valence-corrected chi connectivity index (χ2v) is 7.92. The maximum Gasteiger partial charge on any atom is 0.238 e. The van der Waals surface area contributed by atoms with Crippen molar-refractivity contribution in [2.24, 2.45) is 5.14 Å². The van der Waals surface area contributed by atoms with Gasteiger partial charge in [0.15, 0.2) is 0 Å². The van der Waals surface area contributed by atoms with E-state index in [2.05, 4.69) is 10.3 Å². The molecule has 1 heterocycles. The van der Waals surface area contributed by atoms with Gasteiger partial charge in [-0.05, 0) is 43.2 Å². The van der Waals surface area contributed by atoms with E-state index in [1.807, 2.05) is 37.3 Å². The van der Waals surface area contributed by atoms with Gasteiger partial charge in [0.2, 0.25) is 21.8 Å². The SMILES string of the molecule is Cc1nc(-c2ccccc2)oc1CC(=O)NCCc1ccc(S(N)(=O)=O)cc1. The third kappa shape index (κ3) is 5.05. The molecule has 0 spiro atoms. The summed E-state index contributed by atoms with van der Waals surface area (Å²) in [4.78, 5) is 16.6. The minimum Gasteiger partial charge on any atom is -0.440 e. The summed E-state index contributed by atoms with van der Waals surface area (Å²) >= 11 is 0. The lowest BCUT2D eigenvalue weighted by molar-refractivity contribution is -0.120. The normalized spacial score (nSPS) is 11.4. The first-order valence-electron chi connectivity index (χ1n) is 8.73. The Bertz CT molecular complexity index is 1060. The molecule has 8 heteroatoms. The van der Waals surface area contributed by atoms with Crippen molar-refractivity contribution in [2.45, 2.75) is 24.7 Å². The second kappa shape index (κ2) is 8.37. The highest BCUT2D eigenvalue weighted by atomic mass is 32.2. The van der Waals surface area contributed by atoms with Gasteiger partial charge in [-0.25, -0.2) is 18.5 Å². The monoisotopic (exact) mass is 399 g/mol. The predicted molar refractivity (Wildman–Crippen MR) is 105 cm³/mol. The summed E-state index contributed by atoms with van der Waals surface area (Å²) in [5.41, 5.74) is 2.45. The zero-order chi connectivity index (χ0) is 20.1. The third-order valence-electron chi connectivity index (χ3n) is 4.22. The van der Waals surface area contributed by atoms with Crippen LogP contribution in [-0.4, -0.2) is 25.9 Å². The summed E-state index contributed by atoms with van der Waals surface area (Å²) in [5, 5.41) is 7.90. The highest BCUT2D eigenvalue weighted by molar-refractivity contribution is 7.89. The van der Waals surface area contributed by atoms with Crippen molar-refractivity contribution in [3.63, 3.8) is 0 Å². The van der Waals surface area contributed by atoms with Gasteiger partial charge in [-0.3, -0.25) is 4.79 Å². The first-order chi connectivity index (χ1) is 13.3. The number of carbonyl (C=O) groups is 1. The molecular formula is C20H21N3O4S. The van der Waals surface area contributed by atoms with Crippen molar-refractivity contribution in [3.8, 4) is 11.5 Å². The average molecular weight is 399 g/mol. The van der Waals surface area contributed by atoms with Crippen LogP contribution in [0.4, 0.5) is 0 Å². The summed E-state index contributed by atoms with van der Waals surface area (Å²) in [6.45, 7) is 2.23. The Kier molecular flexibility index (Phi) is 5.91. The topological polar surface area (TPSA) is 115 Å². The van der Waals surface area contributed by atoms with Crippen molar-refractivity contribution < 1.29 is 17.6 Å². The Balaban J connectivity index is 1.53. The molecule has 2 aromatic carbocycles. The Morgan fingerprint density at radius 1 is 1.11 bits per heavy atom. The van der Waals surface area contributed by atoms with Crippen molar-refractivity contribution in [3.05, 3.63) is 71.6 Å². The van der Waals surface area contributed by atoms with Crippen molar-refractivity contribution in [2.75, 3.05) is 6.54 Å². The quantitative estimate of drug-likeness (QED) is 0.632. The molecule has 1 aromatic heterocycles. The van der Waals surface area contributed by atoms with E-state index in [1.54, 1.807) is 12.1 Å². The zero-order valence-corrected chi connectivity index (χ0v) is 16.2. The molecule has 0 aliphatic heterocycles. The van der Waals surface area contributed by atoms with Crippen LogP contribution in [0.2, 0.25) is 0 Å². The number of nitrogens with two attached hydrogens (primary N) is 1. The molecule has 1 amide bonds. The number of primary sulfonamides is 1. The van der Waals surface area contributed by atoms with Crippen LogP contribution >= 0.6 is 0 Å². The van der Waals surface area contributed by atoms with Crippen LogP contribution < -0.4 is 10.5 Å². The number of benzene rings is 2. The maximum absolute atomic E-state index is 12.2. The number of aromatic nitrogens is 1. The molecule has 0 atom stereocenters. The van der Waals surface area contributed by atoms with E-state index >= 15 is 0 Å². The van der Waals surface area contributed by atoms with Crippen LogP contribution in [-0.2, 0) is 27.7 Å². The smallest absolute Gasteiger partial charge is 0.238 e. The molecule has 28 heavy (non-hydrogen) atoms. The number of nitrogens with one attached hydrogen (secondary N) is 1. The fourth-order valence-electron chi connectivity index (χ4n) is 2.70. The third-order valence-corrected chi connectivity index (χ3v) is 5.15. The standard InChI is InChI=1S/C20H21N3O4S/c1-14-18(27-20(23-14)16-5-3-2-4-6-16)13-19(24)22-12-11-15-7-9-17(10-8-15)28(21,25)26/h2-10H,11-13H2,1H3,(H,22,24)(H2,21,25,26). The number of nitrogens with zero attached hydrogens (tertiary/aromatic N) is 1. The minimum atomic E-state index is -3.70. The molecule has 0 saturated heterocycles. The van der Waals surface area contributed by atoms with Crippen LogP contribution in [0.25, 0.3) is 11.5 Å². The molecule has 7 nitrogen and oxygen atoms in total. The van der Waals surface area contributed by atoms with E-state index in [0.717, 1.165) is 11.1 Å². The summed E-state index contributed by atoms with van der Waals surface area (Å²) < 4.78 is 28.2. The lowest BCUT2D eigenvalue weighted by atomic mass is 10.1. The number of hydrogen-bond donors (Lipinski definition) is 2. The second-order valence-electron chi connectivity index (χ2n) is 6.36. The van der Waals surface area contributed by atoms with Gasteiger partial charge < -0.3 is 9.73 Å². The molecular weight excluding hydrogens is 378 g/mol. The summed E-state index contributed by atoms with van der Waals surface area (Å²) in [6.07, 6.45) is 0.678. The molecule has 3 N–H and O–H groups in total. The van der Waals surface area contributed by atoms with Crippen LogP contribution in [0.5, 0.6) is 0 Å². The zero-order valence-electron chi connectivity index (χ0n) is 15.4. The Morgan fingerprint density at radius 3 is 2.43 bits per heavy atom. The van der Waals surface area contributed by atoms with Gasteiger partial charge in [0.25, 0.3) is 0 Å². The Labute approximate surface area is 163 Å². The van der Waals surface area contributed by atoms with Gasteiger partial charge in [-0.1, -0.05) is 30.3 Å². The fraction of sp³-hybridized carbons (Fsp3) is 0.200. The predicted octanol–water partition coefficient (Wildman–Crippen LogP) is 2.20. The van der Waals surface area contributed by atoms with Crippen LogP contribution in [0.1, 0.15) is 17.0 Å². The number of sulfonamides is 1. The van der Waals surface area contributed by atoms with E-state index in [1.165, 1.54) is 12.1 Å². The largest absolute Gasteiger partial charge is 0.440 e. The molecule has 3 aromatic rings. The average Bonchev–Trinajstić information content (AvgIpc) is 3.02. The van der Waals surface area contributed by atoms with Gasteiger partial charge in [-0.2, -0.15) is 0 Å². The Hall–Kier alpha value is -2.97. The molecule has 0 unspecified atom stereocenters. The molecule has 0 aliphatic carbocycles. The first kappa shape index (κ1) is 19.8. The highest BCUT2D eigenvalue weighted by Crippen LogP contribution is 2.21. The van der Waals surface area contributed by atoms with Crippen molar-refractivity contribution >= 4 is 15.9 Å². The number of carbonyl (C=O) groups excluding carboxylic acids is 1. The van der Waals surface area contributed by atoms with Crippen LogP contribution in [0, 0.1) is 6.92 Å².